The smallest absolute Gasteiger partial charge is 0.314 e. The van der Waals surface area contributed by atoms with Crippen LogP contribution >= 0.6 is 0 Å². The molecule has 0 spiro atoms. The van der Waals surface area contributed by atoms with Crippen molar-refractivity contribution in [3.63, 3.8) is 0 Å². The van der Waals surface area contributed by atoms with E-state index < -0.39 is 0 Å². The molecule has 2 amide bonds. The standard InChI is InChI=1S/C18H29N3O2/c1-15-3-5-17(6-4-15)14-21-10-7-16(8-11-21)13-20-18(23)19-9-2-12-22/h3-6,16,22H,2,7-14H2,1H3,(H2,19,20,23). The van der Waals surface area contributed by atoms with Crippen LogP contribution in [0.15, 0.2) is 24.3 Å². The van der Waals surface area contributed by atoms with E-state index in [2.05, 4.69) is 46.7 Å². The molecule has 1 heterocycles. The van der Waals surface area contributed by atoms with Crippen LogP contribution in [0.2, 0.25) is 0 Å². The molecule has 0 radical (unpaired) electrons. The lowest BCUT2D eigenvalue weighted by Crippen LogP contribution is -2.42. The number of aliphatic hydroxyl groups excluding tert-OH is 1. The zero-order valence-corrected chi connectivity index (χ0v) is 14.1. The summed E-state index contributed by atoms with van der Waals surface area (Å²) >= 11 is 0. The average Bonchev–Trinajstić information content (AvgIpc) is 2.57. The third-order valence-electron chi connectivity index (χ3n) is 4.41. The topological polar surface area (TPSA) is 64.6 Å². The van der Waals surface area contributed by atoms with Crippen molar-refractivity contribution in [2.45, 2.75) is 32.7 Å². The number of carbonyl (C=O) groups excluding carboxylic acids is 1. The van der Waals surface area contributed by atoms with Crippen LogP contribution in [-0.4, -0.2) is 48.8 Å². The van der Waals surface area contributed by atoms with Gasteiger partial charge in [0.15, 0.2) is 0 Å². The van der Waals surface area contributed by atoms with Gasteiger partial charge in [-0.3, -0.25) is 4.90 Å². The first kappa shape index (κ1) is 17.8. The molecular formula is C18H29N3O2. The highest BCUT2D eigenvalue weighted by Crippen LogP contribution is 2.18. The number of hydrogen-bond donors (Lipinski definition) is 3. The Morgan fingerprint density at radius 3 is 2.57 bits per heavy atom. The molecule has 0 unspecified atom stereocenters. The quantitative estimate of drug-likeness (QED) is 0.673. The molecule has 0 aromatic heterocycles. The number of nitrogens with one attached hydrogen (secondary N) is 2. The van der Waals surface area contributed by atoms with Crippen LogP contribution in [0.4, 0.5) is 4.79 Å². The van der Waals surface area contributed by atoms with E-state index >= 15 is 0 Å². The molecule has 3 N–H and O–H groups in total. The summed E-state index contributed by atoms with van der Waals surface area (Å²) in [5, 5.41) is 14.4. The van der Waals surface area contributed by atoms with E-state index in [0.29, 0.717) is 18.9 Å². The van der Waals surface area contributed by atoms with Crippen molar-refractivity contribution in [2.75, 3.05) is 32.8 Å². The minimum atomic E-state index is -0.125. The summed E-state index contributed by atoms with van der Waals surface area (Å²) in [7, 11) is 0. The number of carbonyl (C=O) groups is 1. The fourth-order valence-corrected chi connectivity index (χ4v) is 2.88. The van der Waals surface area contributed by atoms with Gasteiger partial charge in [0.05, 0.1) is 0 Å². The largest absolute Gasteiger partial charge is 0.396 e. The maximum atomic E-state index is 11.6. The predicted molar refractivity (Wildman–Crippen MR) is 92.3 cm³/mol. The van der Waals surface area contributed by atoms with Gasteiger partial charge in [0.2, 0.25) is 0 Å². The summed E-state index contributed by atoms with van der Waals surface area (Å²) in [6, 6.07) is 8.63. The van der Waals surface area contributed by atoms with Crippen LogP contribution in [0, 0.1) is 12.8 Å². The van der Waals surface area contributed by atoms with Crippen LogP contribution in [0.3, 0.4) is 0 Å². The van der Waals surface area contributed by atoms with Gasteiger partial charge in [-0.15, -0.1) is 0 Å². The van der Waals surface area contributed by atoms with Crippen LogP contribution < -0.4 is 10.6 Å². The molecule has 2 rings (SSSR count). The molecule has 1 aliphatic rings. The molecule has 1 aliphatic heterocycles. The molecule has 0 saturated carbocycles. The summed E-state index contributed by atoms with van der Waals surface area (Å²) in [4.78, 5) is 14.1. The Hall–Kier alpha value is -1.59. The second-order valence-electron chi connectivity index (χ2n) is 6.42. The van der Waals surface area contributed by atoms with E-state index in [4.69, 9.17) is 5.11 Å². The zero-order valence-electron chi connectivity index (χ0n) is 14.1. The molecule has 128 valence electrons. The number of benzene rings is 1. The molecule has 5 nitrogen and oxygen atoms in total. The predicted octanol–water partition coefficient (Wildman–Crippen LogP) is 1.89. The molecule has 0 aliphatic carbocycles. The number of aryl methyl sites for hydroxylation is 1. The number of urea groups is 1. The maximum absolute atomic E-state index is 11.6. The first-order chi connectivity index (χ1) is 11.2. The molecular weight excluding hydrogens is 290 g/mol. The van der Waals surface area contributed by atoms with E-state index in [1.165, 1.54) is 11.1 Å². The number of rotatable bonds is 7. The molecule has 1 saturated heterocycles. The first-order valence-electron chi connectivity index (χ1n) is 8.58. The van der Waals surface area contributed by atoms with E-state index in [1.54, 1.807) is 0 Å². The van der Waals surface area contributed by atoms with Crippen LogP contribution in [-0.2, 0) is 6.54 Å². The third kappa shape index (κ3) is 6.59. The summed E-state index contributed by atoms with van der Waals surface area (Å²) in [6.45, 7) is 6.68. The zero-order chi connectivity index (χ0) is 16.5. The molecule has 1 fully saturated rings. The summed E-state index contributed by atoms with van der Waals surface area (Å²) in [5.74, 6) is 0.563. The van der Waals surface area contributed by atoms with Gasteiger partial charge in [0, 0.05) is 26.2 Å². The van der Waals surface area contributed by atoms with Crippen molar-refractivity contribution < 1.29 is 9.90 Å². The normalized spacial score (nSPS) is 16.3. The third-order valence-corrected chi connectivity index (χ3v) is 4.41. The maximum Gasteiger partial charge on any atom is 0.314 e. The Morgan fingerprint density at radius 1 is 1.22 bits per heavy atom. The van der Waals surface area contributed by atoms with Gasteiger partial charge in [0.25, 0.3) is 0 Å². The van der Waals surface area contributed by atoms with E-state index in [9.17, 15) is 4.79 Å². The monoisotopic (exact) mass is 319 g/mol. The Morgan fingerprint density at radius 2 is 1.91 bits per heavy atom. The highest BCUT2D eigenvalue weighted by Gasteiger charge is 2.19. The summed E-state index contributed by atoms with van der Waals surface area (Å²) in [5.41, 5.74) is 2.67. The molecule has 5 heteroatoms. The number of likely N-dealkylation sites (tertiary alicyclic amines) is 1. The van der Waals surface area contributed by atoms with Gasteiger partial charge in [-0.1, -0.05) is 29.8 Å². The highest BCUT2D eigenvalue weighted by molar-refractivity contribution is 5.73. The molecule has 0 bridgehead atoms. The van der Waals surface area contributed by atoms with Crippen molar-refractivity contribution in [2.24, 2.45) is 5.92 Å². The Kier molecular flexibility index (Phi) is 7.36. The number of aliphatic hydroxyl groups is 1. The lowest BCUT2D eigenvalue weighted by Gasteiger charge is -2.32. The van der Waals surface area contributed by atoms with Gasteiger partial charge in [-0.05, 0) is 50.8 Å². The Labute approximate surface area is 139 Å². The van der Waals surface area contributed by atoms with Gasteiger partial charge < -0.3 is 15.7 Å². The van der Waals surface area contributed by atoms with Crippen molar-refractivity contribution in [1.29, 1.82) is 0 Å². The summed E-state index contributed by atoms with van der Waals surface area (Å²) < 4.78 is 0. The Balaban J connectivity index is 1.62. The van der Waals surface area contributed by atoms with Crippen LogP contribution in [0.25, 0.3) is 0 Å². The van der Waals surface area contributed by atoms with Crippen LogP contribution in [0.1, 0.15) is 30.4 Å². The highest BCUT2D eigenvalue weighted by atomic mass is 16.3. The minimum Gasteiger partial charge on any atom is -0.396 e. The van der Waals surface area contributed by atoms with Crippen LogP contribution in [0.5, 0.6) is 0 Å². The SMILES string of the molecule is Cc1ccc(CN2CCC(CNC(=O)NCCCO)CC2)cc1. The fraction of sp³-hybridized carbons (Fsp3) is 0.611. The van der Waals surface area contributed by atoms with E-state index in [1.807, 2.05) is 0 Å². The van der Waals surface area contributed by atoms with Gasteiger partial charge in [-0.2, -0.15) is 0 Å². The van der Waals surface area contributed by atoms with E-state index in [0.717, 1.165) is 39.0 Å². The first-order valence-corrected chi connectivity index (χ1v) is 8.58. The molecule has 1 aromatic rings. The molecule has 0 atom stereocenters. The fourth-order valence-electron chi connectivity index (χ4n) is 2.88. The molecule has 1 aromatic carbocycles. The second-order valence-corrected chi connectivity index (χ2v) is 6.42. The van der Waals surface area contributed by atoms with E-state index in [-0.39, 0.29) is 12.6 Å². The van der Waals surface area contributed by atoms with Gasteiger partial charge >= 0.3 is 6.03 Å². The van der Waals surface area contributed by atoms with Crippen molar-refractivity contribution in [1.82, 2.24) is 15.5 Å². The lowest BCUT2D eigenvalue weighted by atomic mass is 9.96. The average molecular weight is 319 g/mol. The van der Waals surface area contributed by atoms with Gasteiger partial charge in [0.1, 0.15) is 0 Å². The summed E-state index contributed by atoms with van der Waals surface area (Å²) in [6.07, 6.45) is 2.86. The van der Waals surface area contributed by atoms with Gasteiger partial charge in [-0.25, -0.2) is 4.79 Å². The minimum absolute atomic E-state index is 0.111. The van der Waals surface area contributed by atoms with Crippen molar-refractivity contribution >= 4 is 6.03 Å². The number of hydrogen-bond acceptors (Lipinski definition) is 3. The lowest BCUT2D eigenvalue weighted by molar-refractivity contribution is 0.174. The van der Waals surface area contributed by atoms with Crippen molar-refractivity contribution in [3.8, 4) is 0 Å². The number of piperidine rings is 1. The second kappa shape index (κ2) is 9.53. The molecule has 23 heavy (non-hydrogen) atoms. The number of amides is 2. The number of nitrogens with zero attached hydrogens (tertiary/aromatic N) is 1. The Bertz CT molecular complexity index is 468. The van der Waals surface area contributed by atoms with Crippen molar-refractivity contribution in [3.05, 3.63) is 35.4 Å².